The number of rotatable bonds is 7. The van der Waals surface area contributed by atoms with Crippen LogP contribution in [0.15, 0.2) is 41.4 Å². The van der Waals surface area contributed by atoms with Crippen molar-refractivity contribution in [3.8, 4) is 0 Å². The number of amides is 1. The molecule has 2 aromatic rings. The number of carbonyl (C=O) groups is 1. The molecule has 1 aliphatic rings. The van der Waals surface area contributed by atoms with E-state index in [1.807, 2.05) is 12.1 Å². The summed E-state index contributed by atoms with van der Waals surface area (Å²) in [6.07, 6.45) is 4.05. The zero-order valence-electron chi connectivity index (χ0n) is 17.4. The van der Waals surface area contributed by atoms with Gasteiger partial charge in [-0.3, -0.25) is 4.79 Å². The quantitative estimate of drug-likeness (QED) is 0.699. The first-order chi connectivity index (χ1) is 14.2. The molecule has 1 aromatic heterocycles. The fourth-order valence-electron chi connectivity index (χ4n) is 3.25. The van der Waals surface area contributed by atoms with E-state index in [-0.39, 0.29) is 21.5 Å². The Labute approximate surface area is 183 Å². The SMILES string of the molecule is CC(C)N(C)S(=O)(=O)c1ccc(Cl)c(C(=O)NCc2ccnc(N3CCCC3)c2)c1. The Bertz CT molecular complexity index is 1020. The maximum Gasteiger partial charge on any atom is 0.253 e. The Morgan fingerprint density at radius 1 is 1.23 bits per heavy atom. The highest BCUT2D eigenvalue weighted by Gasteiger charge is 2.25. The number of pyridine rings is 1. The summed E-state index contributed by atoms with van der Waals surface area (Å²) in [4.78, 5) is 19.4. The first-order valence-electron chi connectivity index (χ1n) is 9.96. The molecule has 30 heavy (non-hydrogen) atoms. The Morgan fingerprint density at radius 3 is 2.60 bits per heavy atom. The van der Waals surface area contributed by atoms with Crippen LogP contribution in [0.5, 0.6) is 0 Å². The highest BCUT2D eigenvalue weighted by molar-refractivity contribution is 7.89. The van der Waals surface area contributed by atoms with Crippen molar-refractivity contribution in [3.05, 3.63) is 52.7 Å². The predicted molar refractivity (Wildman–Crippen MR) is 118 cm³/mol. The number of carbonyl (C=O) groups excluding carboxylic acids is 1. The van der Waals surface area contributed by atoms with Crippen molar-refractivity contribution in [2.24, 2.45) is 0 Å². The van der Waals surface area contributed by atoms with Crippen LogP contribution in [-0.2, 0) is 16.6 Å². The maximum absolute atomic E-state index is 12.7. The van der Waals surface area contributed by atoms with Crippen molar-refractivity contribution in [2.45, 2.75) is 44.2 Å². The molecule has 0 bridgehead atoms. The Morgan fingerprint density at radius 2 is 1.93 bits per heavy atom. The van der Waals surface area contributed by atoms with Crippen molar-refractivity contribution in [2.75, 3.05) is 25.0 Å². The van der Waals surface area contributed by atoms with E-state index in [1.165, 1.54) is 29.6 Å². The van der Waals surface area contributed by atoms with Gasteiger partial charge in [0, 0.05) is 38.9 Å². The lowest BCUT2D eigenvalue weighted by Gasteiger charge is -2.21. The van der Waals surface area contributed by atoms with Gasteiger partial charge in [0.25, 0.3) is 5.91 Å². The van der Waals surface area contributed by atoms with Crippen molar-refractivity contribution in [1.29, 1.82) is 0 Å². The van der Waals surface area contributed by atoms with Crippen LogP contribution in [0.25, 0.3) is 0 Å². The molecule has 7 nitrogen and oxygen atoms in total. The Balaban J connectivity index is 1.75. The molecule has 1 aromatic carbocycles. The normalized spacial score (nSPS) is 14.5. The molecule has 162 valence electrons. The number of aromatic nitrogens is 1. The average Bonchev–Trinajstić information content (AvgIpc) is 3.26. The third-order valence-corrected chi connectivity index (χ3v) is 7.64. The number of halogens is 1. The summed E-state index contributed by atoms with van der Waals surface area (Å²) in [5, 5.41) is 3.03. The second kappa shape index (κ2) is 9.32. The van der Waals surface area contributed by atoms with Gasteiger partial charge in [-0.2, -0.15) is 4.31 Å². The average molecular weight is 451 g/mol. The van der Waals surface area contributed by atoms with Gasteiger partial charge in [-0.1, -0.05) is 11.6 Å². The molecule has 1 N–H and O–H groups in total. The summed E-state index contributed by atoms with van der Waals surface area (Å²) in [6.45, 7) is 5.84. The smallest absolute Gasteiger partial charge is 0.253 e. The van der Waals surface area contributed by atoms with Crippen LogP contribution in [0.4, 0.5) is 5.82 Å². The number of nitrogens with zero attached hydrogens (tertiary/aromatic N) is 3. The van der Waals surface area contributed by atoms with E-state index in [0.717, 1.165) is 37.3 Å². The summed E-state index contributed by atoms with van der Waals surface area (Å²) in [5.74, 6) is 0.478. The van der Waals surface area contributed by atoms with E-state index in [0.29, 0.717) is 6.54 Å². The summed E-state index contributed by atoms with van der Waals surface area (Å²) >= 11 is 6.19. The minimum atomic E-state index is -3.71. The van der Waals surface area contributed by atoms with Crippen molar-refractivity contribution >= 4 is 33.3 Å². The summed E-state index contributed by atoms with van der Waals surface area (Å²) in [7, 11) is -2.20. The Hall–Kier alpha value is -2.16. The van der Waals surface area contributed by atoms with Gasteiger partial charge in [0.15, 0.2) is 0 Å². The first kappa shape index (κ1) is 22.5. The molecule has 0 radical (unpaired) electrons. The molecule has 1 amide bonds. The number of sulfonamides is 1. The van der Waals surface area contributed by atoms with E-state index >= 15 is 0 Å². The first-order valence-corrected chi connectivity index (χ1v) is 11.8. The number of benzene rings is 1. The third-order valence-electron chi connectivity index (χ3n) is 5.28. The number of nitrogens with one attached hydrogen (secondary N) is 1. The number of anilines is 1. The Kier molecular flexibility index (Phi) is 7.00. The molecule has 0 spiro atoms. The molecule has 0 atom stereocenters. The topological polar surface area (TPSA) is 82.6 Å². The highest BCUT2D eigenvalue weighted by atomic mass is 35.5. The van der Waals surface area contributed by atoms with Crippen molar-refractivity contribution in [1.82, 2.24) is 14.6 Å². The van der Waals surface area contributed by atoms with Gasteiger partial charge in [-0.15, -0.1) is 0 Å². The second-order valence-corrected chi connectivity index (χ2v) is 10.1. The maximum atomic E-state index is 12.7. The predicted octanol–water partition coefficient (Wildman–Crippen LogP) is 3.29. The zero-order valence-corrected chi connectivity index (χ0v) is 19.0. The van der Waals surface area contributed by atoms with Gasteiger partial charge in [0.05, 0.1) is 15.5 Å². The van der Waals surface area contributed by atoms with Crippen LogP contribution in [0, 0.1) is 0 Å². The van der Waals surface area contributed by atoms with Crippen LogP contribution in [0.2, 0.25) is 5.02 Å². The van der Waals surface area contributed by atoms with E-state index in [9.17, 15) is 13.2 Å². The molecule has 1 fully saturated rings. The van der Waals surface area contributed by atoms with Gasteiger partial charge in [0.1, 0.15) is 5.82 Å². The lowest BCUT2D eigenvalue weighted by molar-refractivity contribution is 0.0951. The lowest BCUT2D eigenvalue weighted by atomic mass is 10.2. The van der Waals surface area contributed by atoms with Crippen LogP contribution < -0.4 is 10.2 Å². The molecule has 1 aliphatic heterocycles. The molecular formula is C21H27ClN4O3S. The van der Waals surface area contributed by atoms with E-state index in [4.69, 9.17) is 11.6 Å². The van der Waals surface area contributed by atoms with Gasteiger partial charge < -0.3 is 10.2 Å². The van der Waals surface area contributed by atoms with Crippen LogP contribution >= 0.6 is 11.6 Å². The fourth-order valence-corrected chi connectivity index (χ4v) is 4.85. The fraction of sp³-hybridized carbons (Fsp3) is 0.429. The minimum Gasteiger partial charge on any atom is -0.357 e. The second-order valence-electron chi connectivity index (χ2n) is 7.66. The minimum absolute atomic E-state index is 0.0356. The lowest BCUT2D eigenvalue weighted by Crippen LogP contribution is -2.33. The summed E-state index contributed by atoms with van der Waals surface area (Å²) in [6, 6.07) is 7.78. The summed E-state index contributed by atoms with van der Waals surface area (Å²) < 4.78 is 26.7. The molecule has 1 saturated heterocycles. The van der Waals surface area contributed by atoms with E-state index < -0.39 is 15.9 Å². The third kappa shape index (κ3) is 4.94. The van der Waals surface area contributed by atoms with Gasteiger partial charge in [0.2, 0.25) is 10.0 Å². The van der Waals surface area contributed by atoms with E-state index in [1.54, 1.807) is 20.0 Å². The monoisotopic (exact) mass is 450 g/mol. The van der Waals surface area contributed by atoms with E-state index in [2.05, 4.69) is 15.2 Å². The van der Waals surface area contributed by atoms with Crippen LogP contribution in [-0.4, -0.2) is 49.8 Å². The molecular weight excluding hydrogens is 424 g/mol. The van der Waals surface area contributed by atoms with Gasteiger partial charge in [-0.25, -0.2) is 13.4 Å². The van der Waals surface area contributed by atoms with Crippen molar-refractivity contribution in [3.63, 3.8) is 0 Å². The van der Waals surface area contributed by atoms with Gasteiger partial charge >= 0.3 is 0 Å². The van der Waals surface area contributed by atoms with Gasteiger partial charge in [-0.05, 0) is 62.6 Å². The summed E-state index contributed by atoms with van der Waals surface area (Å²) in [5.41, 5.74) is 1.04. The molecule has 3 rings (SSSR count). The molecule has 9 heteroatoms. The van der Waals surface area contributed by atoms with Crippen LogP contribution in [0.3, 0.4) is 0 Å². The van der Waals surface area contributed by atoms with Crippen molar-refractivity contribution < 1.29 is 13.2 Å². The molecule has 0 unspecified atom stereocenters. The highest BCUT2D eigenvalue weighted by Crippen LogP contribution is 2.24. The standard InChI is InChI=1S/C21H27ClN4O3S/c1-15(2)25(3)30(28,29)17-6-7-19(22)18(13-17)21(27)24-14-16-8-9-23-20(12-16)26-10-4-5-11-26/h6-9,12-13,15H,4-5,10-11,14H2,1-3H3,(H,24,27). The molecule has 0 aliphatic carbocycles. The molecule has 0 saturated carbocycles. The van der Waals surface area contributed by atoms with Crippen LogP contribution in [0.1, 0.15) is 42.6 Å². The number of hydrogen-bond donors (Lipinski definition) is 1. The molecule has 2 heterocycles. The number of hydrogen-bond acceptors (Lipinski definition) is 5. The zero-order chi connectivity index (χ0) is 21.9. The largest absolute Gasteiger partial charge is 0.357 e.